The predicted molar refractivity (Wildman–Crippen MR) is 178 cm³/mol. The van der Waals surface area contributed by atoms with Gasteiger partial charge in [-0.25, -0.2) is 22.8 Å². The van der Waals surface area contributed by atoms with E-state index in [9.17, 15) is 14.3 Å². The molecule has 7 nitrogen and oxygen atoms in total. The summed E-state index contributed by atoms with van der Waals surface area (Å²) < 4.78 is 68.5. The summed E-state index contributed by atoms with van der Waals surface area (Å²) in [5.41, 5.74) is 2.14. The molecule has 0 saturated heterocycles. The lowest BCUT2D eigenvalue weighted by Gasteiger charge is -2.24. The molecule has 2 N–H and O–H groups in total. The fourth-order valence-electron chi connectivity index (χ4n) is 5.94. The number of hydrogen-bond donors (Lipinski definition) is 2. The highest BCUT2D eigenvalue weighted by Crippen LogP contribution is 2.40. The number of aromatic nitrogens is 4. The number of fused-ring (bicyclic) bond motifs is 8. The molecule has 0 radical (unpaired) electrons. The Morgan fingerprint density at radius 2 is 1.92 bits per heavy atom. The van der Waals surface area contributed by atoms with Crippen LogP contribution in [0.15, 0.2) is 54.7 Å². The summed E-state index contributed by atoms with van der Waals surface area (Å²) in [6, 6.07) is 11.3. The average molecular weight is 679 g/mol. The lowest BCUT2D eigenvalue weighted by molar-refractivity contribution is -0.136. The molecule has 1 aliphatic heterocycles. The molecule has 5 aromatic rings. The van der Waals surface area contributed by atoms with Crippen LogP contribution in [-0.4, -0.2) is 42.3 Å². The highest BCUT2D eigenvalue weighted by molar-refractivity contribution is 7.99. The minimum atomic E-state index is -1.27. The number of carboxylic acids is 1. The van der Waals surface area contributed by atoms with E-state index in [1.165, 1.54) is 16.8 Å². The first kappa shape index (κ1) is 33.3. The van der Waals surface area contributed by atoms with Gasteiger partial charge in [-0.15, -0.1) is 0 Å². The van der Waals surface area contributed by atoms with Crippen LogP contribution in [0.2, 0.25) is 0 Å². The normalized spacial score (nSPS) is 16.4. The second kappa shape index (κ2) is 13.5. The summed E-state index contributed by atoms with van der Waals surface area (Å²) >= 11 is 1.62. The van der Waals surface area contributed by atoms with Crippen LogP contribution in [0, 0.1) is 28.7 Å². The summed E-state index contributed by atoms with van der Waals surface area (Å²) in [6.07, 6.45) is 5.04. The number of aryl methyl sites for hydroxylation is 3. The van der Waals surface area contributed by atoms with E-state index in [1.807, 2.05) is 24.3 Å². The quantitative estimate of drug-likeness (QED) is 0.185. The van der Waals surface area contributed by atoms with E-state index in [2.05, 4.69) is 30.0 Å². The van der Waals surface area contributed by atoms with Crippen LogP contribution in [0.4, 0.5) is 17.6 Å². The van der Waals surface area contributed by atoms with Crippen LogP contribution < -0.4 is 4.74 Å². The number of hydrogen-bond acceptors (Lipinski definition) is 5. The van der Waals surface area contributed by atoms with E-state index >= 15 is 13.2 Å². The van der Waals surface area contributed by atoms with Crippen molar-refractivity contribution in [3.05, 3.63) is 101 Å². The first-order valence-electron chi connectivity index (χ1n) is 15.6. The Kier molecular flexibility index (Phi) is 9.37. The molecule has 0 spiro atoms. The van der Waals surface area contributed by atoms with Gasteiger partial charge in [-0.05, 0) is 71.9 Å². The number of ether oxygens (including phenoxy) is 1. The van der Waals surface area contributed by atoms with Gasteiger partial charge >= 0.3 is 5.97 Å². The Morgan fingerprint density at radius 3 is 2.71 bits per heavy atom. The molecule has 0 amide bonds. The van der Waals surface area contributed by atoms with E-state index in [4.69, 9.17) is 9.72 Å². The lowest BCUT2D eigenvalue weighted by Crippen LogP contribution is -2.15. The number of nitrogens with zero attached hydrogens (tertiary/aromatic N) is 3. The maximum atomic E-state index is 15.6. The first-order valence-corrected chi connectivity index (χ1v) is 16.7. The Hall–Kier alpha value is -4.58. The van der Waals surface area contributed by atoms with Crippen molar-refractivity contribution in [3.8, 4) is 22.9 Å². The van der Waals surface area contributed by atoms with E-state index in [1.54, 1.807) is 18.8 Å². The van der Waals surface area contributed by atoms with Gasteiger partial charge in [0, 0.05) is 36.2 Å². The Labute approximate surface area is 279 Å². The van der Waals surface area contributed by atoms with Crippen LogP contribution in [0.5, 0.6) is 11.5 Å². The van der Waals surface area contributed by atoms with Crippen LogP contribution >= 0.6 is 11.8 Å². The number of benzene rings is 3. The maximum absolute atomic E-state index is 15.6. The van der Waals surface area contributed by atoms with Gasteiger partial charge in [0.1, 0.15) is 17.4 Å². The van der Waals surface area contributed by atoms with Crippen LogP contribution in [0.3, 0.4) is 0 Å². The van der Waals surface area contributed by atoms with Crippen molar-refractivity contribution in [1.29, 1.82) is 0 Å². The molecule has 0 atom stereocenters. The number of carbonyl (C=O) groups is 1. The molecule has 1 aliphatic rings. The van der Waals surface area contributed by atoms with Gasteiger partial charge in [0.15, 0.2) is 23.2 Å². The van der Waals surface area contributed by atoms with Gasteiger partial charge in [0.2, 0.25) is 5.82 Å². The molecule has 48 heavy (non-hydrogen) atoms. The molecule has 0 aliphatic carbocycles. The van der Waals surface area contributed by atoms with E-state index in [0.717, 1.165) is 41.1 Å². The summed E-state index contributed by atoms with van der Waals surface area (Å²) in [6.45, 7) is 4.28. The number of aromatic amines is 1. The third-order valence-corrected chi connectivity index (χ3v) is 9.92. The lowest BCUT2D eigenvalue weighted by atomic mass is 9.89. The highest BCUT2D eigenvalue weighted by atomic mass is 32.2. The molecule has 0 saturated carbocycles. The molecule has 12 heteroatoms. The number of nitrogens with one attached hydrogen (secondary N) is 1. The van der Waals surface area contributed by atoms with E-state index in [-0.39, 0.29) is 51.9 Å². The molecule has 250 valence electrons. The van der Waals surface area contributed by atoms with Gasteiger partial charge in [-0.2, -0.15) is 21.3 Å². The molecule has 2 aromatic heterocycles. The summed E-state index contributed by atoms with van der Waals surface area (Å²) in [4.78, 5) is 18.4. The molecular formula is C36H34F4N4O3S. The monoisotopic (exact) mass is 678 g/mol. The highest BCUT2D eigenvalue weighted by Gasteiger charge is 2.27. The number of halogens is 4. The minimum Gasteiger partial charge on any atom is -0.481 e. The molecule has 3 heterocycles. The Bertz CT molecular complexity index is 2050. The van der Waals surface area contributed by atoms with Crippen LogP contribution in [0.1, 0.15) is 55.6 Å². The maximum Gasteiger partial charge on any atom is 0.303 e. The summed E-state index contributed by atoms with van der Waals surface area (Å²) in [5, 5.41) is 13.8. The molecule has 0 fully saturated rings. The van der Waals surface area contributed by atoms with Gasteiger partial charge in [0.25, 0.3) is 0 Å². The van der Waals surface area contributed by atoms with Gasteiger partial charge in [-0.3, -0.25) is 4.79 Å². The van der Waals surface area contributed by atoms with Crippen molar-refractivity contribution < 1.29 is 32.2 Å². The number of aliphatic carboxylic acids is 1. The number of thioether (sulfide) groups is 1. The zero-order chi connectivity index (χ0) is 34.2. The van der Waals surface area contributed by atoms with Gasteiger partial charge in [0.05, 0.1) is 11.1 Å². The summed E-state index contributed by atoms with van der Waals surface area (Å²) in [7, 11) is 1.62. The Balaban J connectivity index is 1.48. The number of carboxylic acid groups (broad SMARTS) is 1. The number of rotatable bonds is 4. The number of H-pyrrole nitrogens is 1. The van der Waals surface area contributed by atoms with Gasteiger partial charge < -0.3 is 14.8 Å². The van der Waals surface area contributed by atoms with Crippen molar-refractivity contribution >= 4 is 34.2 Å². The molecular weight excluding hydrogens is 644 g/mol. The SMILES string of the molecule is Cn1nc2nc1-c1cc(ccc1F)Oc1c(F)c(F)c3[nH]cc(F)c3c1CCSCC(C)(C)CC/C=C/2c1cccc(CCC(=O)O)c1. The second-order valence-electron chi connectivity index (χ2n) is 12.7. The number of allylic oxidation sites excluding steroid dienone is 1. The van der Waals surface area contributed by atoms with Gasteiger partial charge in [-0.1, -0.05) is 44.2 Å². The van der Waals surface area contributed by atoms with Crippen molar-refractivity contribution in [2.24, 2.45) is 12.5 Å². The van der Waals surface area contributed by atoms with E-state index < -0.39 is 35.0 Å². The van der Waals surface area contributed by atoms with Crippen molar-refractivity contribution in [2.45, 2.75) is 46.0 Å². The van der Waals surface area contributed by atoms with Crippen molar-refractivity contribution in [3.63, 3.8) is 0 Å². The first-order chi connectivity index (χ1) is 22.9. The zero-order valence-corrected chi connectivity index (χ0v) is 27.5. The predicted octanol–water partition coefficient (Wildman–Crippen LogP) is 8.86. The fourth-order valence-corrected chi connectivity index (χ4v) is 7.13. The fraction of sp³-hybridized carbons (Fsp3) is 0.306. The zero-order valence-electron chi connectivity index (χ0n) is 26.7. The third-order valence-electron chi connectivity index (χ3n) is 8.45. The average Bonchev–Trinajstić information content (AvgIpc) is 3.62. The topological polar surface area (TPSA) is 93.0 Å². The smallest absolute Gasteiger partial charge is 0.303 e. The molecule has 6 rings (SSSR count). The Morgan fingerprint density at radius 1 is 1.10 bits per heavy atom. The third kappa shape index (κ3) is 6.85. The van der Waals surface area contributed by atoms with Crippen molar-refractivity contribution in [2.75, 3.05) is 11.5 Å². The molecule has 0 unspecified atom stereocenters. The minimum absolute atomic E-state index is 0.00240. The van der Waals surface area contributed by atoms with Crippen molar-refractivity contribution in [1.82, 2.24) is 19.7 Å². The second-order valence-corrected chi connectivity index (χ2v) is 13.8. The largest absolute Gasteiger partial charge is 0.481 e. The standard InChI is InChI=1S/C36H34F4N4O3S/c1-36(2)14-5-8-23(21-7-4-6-20(16-21)9-12-28(45)46)34-42-35(44(3)43-34)25-17-22(10-11-26(25)37)47-33-24(13-15-48-19-36)29-27(38)18-41-32(29)30(39)31(33)40/h4,6-8,10-11,16-18,41H,5,9,12-15,19H2,1-3H3,(H,45,46)/b23-8+. The van der Waals surface area contributed by atoms with Crippen LogP contribution in [-0.2, 0) is 24.7 Å². The molecule has 3 aromatic carbocycles. The van der Waals surface area contributed by atoms with E-state index in [0.29, 0.717) is 24.4 Å². The summed E-state index contributed by atoms with van der Waals surface area (Å²) in [5.74, 6) is -3.51. The van der Waals surface area contributed by atoms with Crippen LogP contribution in [0.25, 0.3) is 27.9 Å². The molecule has 4 bridgehead atoms.